The van der Waals surface area contributed by atoms with Gasteiger partial charge in [-0.1, -0.05) is 29.6 Å². The number of halogens is 2. The van der Waals surface area contributed by atoms with Crippen LogP contribution in [0, 0.1) is 0 Å². The van der Waals surface area contributed by atoms with Crippen LogP contribution in [0.5, 0.6) is 11.8 Å². The van der Waals surface area contributed by atoms with E-state index in [9.17, 15) is 0 Å². The molecule has 0 radical (unpaired) electrons. The largest absolute Gasteiger partial charge is 0.492 e. The molecule has 120 valence electrons. The Morgan fingerprint density at radius 2 is 1.95 bits per heavy atom. The maximum Gasteiger partial charge on any atom is 0.297 e. The monoisotopic (exact) mass is 342 g/mol. The second-order valence-electron chi connectivity index (χ2n) is 5.63. The molecule has 2 aromatic rings. The summed E-state index contributed by atoms with van der Waals surface area (Å²) >= 11 is 12.6. The van der Waals surface area contributed by atoms with Crippen molar-refractivity contribution in [2.75, 3.05) is 6.61 Å². The number of hydrogen-bond acceptors (Lipinski definition) is 3. The molecular formula is C16H20Cl2N2O2. The molecule has 0 atom stereocenters. The Morgan fingerprint density at radius 3 is 2.64 bits per heavy atom. The topological polar surface area (TPSA) is 36.3 Å². The highest BCUT2D eigenvalue weighted by atomic mass is 35.5. The highest BCUT2D eigenvalue weighted by Gasteiger charge is 2.21. The molecule has 1 saturated carbocycles. The average Bonchev–Trinajstić information content (AvgIpc) is 2.83. The van der Waals surface area contributed by atoms with E-state index < -0.39 is 0 Å². The van der Waals surface area contributed by atoms with Crippen molar-refractivity contribution < 1.29 is 9.47 Å². The van der Waals surface area contributed by atoms with E-state index in [0.29, 0.717) is 33.9 Å². The van der Waals surface area contributed by atoms with Crippen molar-refractivity contribution in [1.82, 2.24) is 9.55 Å². The van der Waals surface area contributed by atoms with E-state index >= 15 is 0 Å². The third-order valence-corrected chi connectivity index (χ3v) is 4.95. The molecule has 3 rings (SSSR count). The molecule has 0 saturated heterocycles. The van der Waals surface area contributed by atoms with Gasteiger partial charge in [-0.3, -0.25) is 4.57 Å². The minimum absolute atomic E-state index is 0.241. The van der Waals surface area contributed by atoms with Crippen LogP contribution in [0.25, 0.3) is 11.0 Å². The SMILES string of the molecule is CCOc1cc2c(nc(OC3CCCCC3)n2C)c(Cl)c1Cl. The molecule has 0 aliphatic heterocycles. The molecular weight excluding hydrogens is 323 g/mol. The predicted molar refractivity (Wildman–Crippen MR) is 89.4 cm³/mol. The number of benzene rings is 1. The summed E-state index contributed by atoms with van der Waals surface area (Å²) < 4.78 is 13.5. The Balaban J connectivity index is 1.98. The molecule has 1 aromatic carbocycles. The van der Waals surface area contributed by atoms with E-state index in [2.05, 4.69) is 4.98 Å². The maximum absolute atomic E-state index is 6.35. The summed E-state index contributed by atoms with van der Waals surface area (Å²) in [6.45, 7) is 2.44. The van der Waals surface area contributed by atoms with Gasteiger partial charge >= 0.3 is 0 Å². The zero-order valence-electron chi connectivity index (χ0n) is 12.9. The van der Waals surface area contributed by atoms with Crippen LogP contribution in [0.4, 0.5) is 0 Å². The molecule has 6 heteroatoms. The number of hydrogen-bond donors (Lipinski definition) is 0. The van der Waals surface area contributed by atoms with E-state index in [0.717, 1.165) is 18.4 Å². The molecule has 1 heterocycles. The van der Waals surface area contributed by atoms with E-state index in [1.165, 1.54) is 19.3 Å². The van der Waals surface area contributed by atoms with Crippen LogP contribution in [0.2, 0.25) is 10.0 Å². The smallest absolute Gasteiger partial charge is 0.297 e. The van der Waals surface area contributed by atoms with Gasteiger partial charge in [0.25, 0.3) is 6.01 Å². The number of aryl methyl sites for hydroxylation is 1. The van der Waals surface area contributed by atoms with Gasteiger partial charge in [0.15, 0.2) is 0 Å². The lowest BCUT2D eigenvalue weighted by atomic mass is 9.98. The van der Waals surface area contributed by atoms with Crippen LogP contribution < -0.4 is 9.47 Å². The second-order valence-corrected chi connectivity index (χ2v) is 6.39. The van der Waals surface area contributed by atoms with Crippen molar-refractivity contribution in [2.45, 2.75) is 45.1 Å². The Hall–Kier alpha value is -1.13. The quantitative estimate of drug-likeness (QED) is 0.785. The first-order valence-electron chi connectivity index (χ1n) is 7.75. The highest BCUT2D eigenvalue weighted by Crippen LogP contribution is 2.39. The van der Waals surface area contributed by atoms with Crippen molar-refractivity contribution in [3.05, 3.63) is 16.1 Å². The molecule has 0 bridgehead atoms. The van der Waals surface area contributed by atoms with Gasteiger partial charge < -0.3 is 9.47 Å². The third kappa shape index (κ3) is 2.86. The van der Waals surface area contributed by atoms with Crippen LogP contribution in [0.15, 0.2) is 6.07 Å². The summed E-state index contributed by atoms with van der Waals surface area (Å²) in [5.41, 5.74) is 1.52. The van der Waals surface area contributed by atoms with Crippen molar-refractivity contribution in [3.63, 3.8) is 0 Å². The Bertz CT molecular complexity index is 679. The van der Waals surface area contributed by atoms with Gasteiger partial charge in [0.05, 0.1) is 17.1 Å². The summed E-state index contributed by atoms with van der Waals surface area (Å²) in [6.07, 6.45) is 6.14. The van der Waals surface area contributed by atoms with Crippen molar-refractivity contribution >= 4 is 34.2 Å². The van der Waals surface area contributed by atoms with Crippen LogP contribution in [-0.4, -0.2) is 22.3 Å². The minimum Gasteiger partial charge on any atom is -0.492 e. The van der Waals surface area contributed by atoms with Gasteiger partial charge in [0.2, 0.25) is 0 Å². The molecule has 0 N–H and O–H groups in total. The summed E-state index contributed by atoms with van der Waals surface area (Å²) in [6, 6.07) is 2.46. The summed E-state index contributed by atoms with van der Waals surface area (Å²) in [5, 5.41) is 0.815. The summed E-state index contributed by atoms with van der Waals surface area (Å²) in [7, 11) is 1.92. The van der Waals surface area contributed by atoms with E-state index in [1.54, 1.807) is 0 Å². The standard InChI is InChI=1S/C16H20Cl2N2O2/c1-3-21-12-9-11-15(14(18)13(12)17)19-16(20(11)2)22-10-7-5-4-6-8-10/h9-10H,3-8H2,1-2H3. The van der Waals surface area contributed by atoms with Gasteiger partial charge in [0.1, 0.15) is 22.4 Å². The van der Waals surface area contributed by atoms with E-state index in [-0.39, 0.29) is 6.10 Å². The van der Waals surface area contributed by atoms with Gasteiger partial charge in [-0.15, -0.1) is 0 Å². The molecule has 4 nitrogen and oxygen atoms in total. The molecule has 22 heavy (non-hydrogen) atoms. The Kier molecular flexibility index (Phi) is 4.69. The van der Waals surface area contributed by atoms with E-state index in [4.69, 9.17) is 32.7 Å². The molecule has 1 aliphatic rings. The van der Waals surface area contributed by atoms with Crippen LogP contribution in [-0.2, 0) is 7.05 Å². The first kappa shape index (κ1) is 15.8. The van der Waals surface area contributed by atoms with Crippen molar-refractivity contribution in [1.29, 1.82) is 0 Å². The average molecular weight is 343 g/mol. The summed E-state index contributed by atoms with van der Waals surface area (Å²) in [4.78, 5) is 4.54. The van der Waals surface area contributed by atoms with Crippen LogP contribution in [0.3, 0.4) is 0 Å². The van der Waals surface area contributed by atoms with Gasteiger partial charge in [-0.2, -0.15) is 4.98 Å². The normalized spacial score (nSPS) is 16.2. The molecule has 1 aromatic heterocycles. The molecule has 0 spiro atoms. The Labute approximate surface area is 140 Å². The lowest BCUT2D eigenvalue weighted by Gasteiger charge is -2.22. The lowest BCUT2D eigenvalue weighted by molar-refractivity contribution is 0.138. The maximum atomic E-state index is 6.35. The molecule has 0 unspecified atom stereocenters. The fourth-order valence-electron chi connectivity index (χ4n) is 2.91. The Morgan fingerprint density at radius 1 is 1.23 bits per heavy atom. The zero-order valence-corrected chi connectivity index (χ0v) is 14.4. The number of rotatable bonds is 4. The summed E-state index contributed by atoms with van der Waals surface area (Å²) in [5.74, 6) is 0.578. The highest BCUT2D eigenvalue weighted by molar-refractivity contribution is 6.45. The zero-order chi connectivity index (χ0) is 15.7. The number of ether oxygens (including phenoxy) is 2. The van der Waals surface area contributed by atoms with Crippen LogP contribution >= 0.6 is 23.2 Å². The number of fused-ring (bicyclic) bond motifs is 1. The number of aromatic nitrogens is 2. The minimum atomic E-state index is 0.241. The predicted octanol–water partition coefficient (Wildman–Crippen LogP) is 4.99. The van der Waals surface area contributed by atoms with Gasteiger partial charge in [0, 0.05) is 13.1 Å². The van der Waals surface area contributed by atoms with Crippen molar-refractivity contribution in [3.8, 4) is 11.8 Å². The van der Waals surface area contributed by atoms with Crippen molar-refractivity contribution in [2.24, 2.45) is 7.05 Å². The third-order valence-electron chi connectivity index (χ3n) is 4.11. The lowest BCUT2D eigenvalue weighted by Crippen LogP contribution is -2.21. The molecule has 1 fully saturated rings. The fraction of sp³-hybridized carbons (Fsp3) is 0.562. The first-order chi connectivity index (χ1) is 10.6. The fourth-order valence-corrected chi connectivity index (χ4v) is 3.34. The van der Waals surface area contributed by atoms with Gasteiger partial charge in [-0.25, -0.2) is 0 Å². The first-order valence-corrected chi connectivity index (χ1v) is 8.51. The van der Waals surface area contributed by atoms with E-state index in [1.807, 2.05) is 24.6 Å². The molecule has 1 aliphatic carbocycles. The number of nitrogens with zero attached hydrogens (tertiary/aromatic N) is 2. The van der Waals surface area contributed by atoms with Gasteiger partial charge in [-0.05, 0) is 32.6 Å². The number of imidazole rings is 1. The molecule has 0 amide bonds. The van der Waals surface area contributed by atoms with Crippen LogP contribution in [0.1, 0.15) is 39.0 Å². The second kappa shape index (κ2) is 6.55.